The summed E-state index contributed by atoms with van der Waals surface area (Å²) in [5.74, 6) is 0.695. The van der Waals surface area contributed by atoms with E-state index in [2.05, 4.69) is 9.97 Å². The molecule has 0 fully saturated rings. The number of rotatable bonds is 2. The van der Waals surface area contributed by atoms with Crippen molar-refractivity contribution in [2.24, 2.45) is 0 Å². The molecule has 0 aliphatic carbocycles. The van der Waals surface area contributed by atoms with E-state index in [1.807, 2.05) is 13.0 Å². The quantitative estimate of drug-likeness (QED) is 0.749. The summed E-state index contributed by atoms with van der Waals surface area (Å²) in [5.41, 5.74) is 3.03. The van der Waals surface area contributed by atoms with E-state index in [0.717, 1.165) is 16.7 Å². The van der Waals surface area contributed by atoms with Crippen LogP contribution >= 0.6 is 11.6 Å². The Morgan fingerprint density at radius 2 is 2.06 bits per heavy atom. The van der Waals surface area contributed by atoms with Crippen molar-refractivity contribution in [3.8, 4) is 16.9 Å². The van der Waals surface area contributed by atoms with Crippen LogP contribution in [0.15, 0.2) is 30.7 Å². The second-order valence-electron chi connectivity index (χ2n) is 3.40. The molecule has 2 heterocycles. The average molecular weight is 235 g/mol. The van der Waals surface area contributed by atoms with E-state index in [1.54, 1.807) is 31.8 Å². The molecule has 0 aliphatic rings. The summed E-state index contributed by atoms with van der Waals surface area (Å²) >= 11 is 5.89. The summed E-state index contributed by atoms with van der Waals surface area (Å²) in [5, 5.41) is 0.444. The van der Waals surface area contributed by atoms with Gasteiger partial charge >= 0.3 is 0 Å². The van der Waals surface area contributed by atoms with Crippen LogP contribution in [0.25, 0.3) is 11.1 Å². The van der Waals surface area contributed by atoms with Gasteiger partial charge in [0.25, 0.3) is 0 Å². The summed E-state index contributed by atoms with van der Waals surface area (Å²) in [6.07, 6.45) is 5.17. The van der Waals surface area contributed by atoms with Gasteiger partial charge in [0.1, 0.15) is 10.9 Å². The van der Waals surface area contributed by atoms with E-state index < -0.39 is 0 Å². The van der Waals surface area contributed by atoms with Crippen molar-refractivity contribution in [1.29, 1.82) is 0 Å². The number of methoxy groups -OCH3 is 1. The molecule has 0 radical (unpaired) electrons. The second kappa shape index (κ2) is 4.49. The molecular formula is C12H11ClN2O. The van der Waals surface area contributed by atoms with Crippen LogP contribution in [-0.4, -0.2) is 17.1 Å². The fourth-order valence-corrected chi connectivity index (χ4v) is 1.69. The summed E-state index contributed by atoms with van der Waals surface area (Å²) < 4.78 is 5.26. The molecule has 82 valence electrons. The van der Waals surface area contributed by atoms with Crippen LogP contribution in [0.4, 0.5) is 0 Å². The SMILES string of the molecule is COc1cnc(Cl)cc1-c1cnccc1C. The third-order valence-electron chi connectivity index (χ3n) is 2.38. The molecule has 4 heteroatoms. The lowest BCUT2D eigenvalue weighted by Gasteiger charge is -2.10. The maximum Gasteiger partial charge on any atom is 0.145 e. The van der Waals surface area contributed by atoms with E-state index >= 15 is 0 Å². The van der Waals surface area contributed by atoms with Crippen molar-refractivity contribution in [2.75, 3.05) is 7.11 Å². The van der Waals surface area contributed by atoms with Gasteiger partial charge in [-0.3, -0.25) is 4.98 Å². The molecule has 0 amide bonds. The van der Waals surface area contributed by atoms with Crippen molar-refractivity contribution in [1.82, 2.24) is 9.97 Å². The Morgan fingerprint density at radius 3 is 2.75 bits per heavy atom. The molecule has 0 saturated carbocycles. The first-order chi connectivity index (χ1) is 7.72. The van der Waals surface area contributed by atoms with E-state index in [0.29, 0.717) is 10.9 Å². The Labute approximate surface area is 99.1 Å². The highest BCUT2D eigenvalue weighted by molar-refractivity contribution is 6.29. The van der Waals surface area contributed by atoms with Crippen molar-refractivity contribution in [2.45, 2.75) is 6.92 Å². The highest BCUT2D eigenvalue weighted by Crippen LogP contribution is 2.32. The van der Waals surface area contributed by atoms with E-state index in [9.17, 15) is 0 Å². The second-order valence-corrected chi connectivity index (χ2v) is 3.79. The first-order valence-corrected chi connectivity index (χ1v) is 5.20. The van der Waals surface area contributed by atoms with Gasteiger partial charge in [-0.2, -0.15) is 0 Å². The topological polar surface area (TPSA) is 35.0 Å². The maximum absolute atomic E-state index is 5.89. The van der Waals surface area contributed by atoms with Crippen LogP contribution in [0, 0.1) is 6.92 Å². The zero-order chi connectivity index (χ0) is 11.5. The lowest BCUT2D eigenvalue weighted by atomic mass is 10.0. The Balaban J connectivity index is 2.63. The molecule has 2 aromatic heterocycles. The largest absolute Gasteiger partial charge is 0.494 e. The van der Waals surface area contributed by atoms with Crippen LogP contribution in [0.3, 0.4) is 0 Å². The standard InChI is InChI=1S/C12H11ClN2O/c1-8-3-4-14-6-10(8)9-5-12(13)15-7-11(9)16-2/h3-7H,1-2H3. The molecule has 0 spiro atoms. The van der Waals surface area contributed by atoms with Crippen molar-refractivity contribution >= 4 is 11.6 Å². The average Bonchev–Trinajstić information content (AvgIpc) is 2.29. The number of pyridine rings is 2. The van der Waals surface area contributed by atoms with E-state index in [-0.39, 0.29) is 0 Å². The molecule has 0 unspecified atom stereocenters. The lowest BCUT2D eigenvalue weighted by Crippen LogP contribution is -1.92. The Morgan fingerprint density at radius 1 is 1.25 bits per heavy atom. The van der Waals surface area contributed by atoms with Gasteiger partial charge < -0.3 is 4.74 Å². The Kier molecular flexibility index (Phi) is 3.06. The predicted molar refractivity (Wildman–Crippen MR) is 63.8 cm³/mol. The van der Waals surface area contributed by atoms with Crippen LogP contribution in [0.1, 0.15) is 5.56 Å². The molecule has 2 rings (SSSR count). The van der Waals surface area contributed by atoms with Gasteiger partial charge in [0.2, 0.25) is 0 Å². The maximum atomic E-state index is 5.89. The Bertz CT molecular complexity index is 514. The van der Waals surface area contributed by atoms with Crippen LogP contribution in [0.2, 0.25) is 5.15 Å². The lowest BCUT2D eigenvalue weighted by molar-refractivity contribution is 0.414. The fraction of sp³-hybridized carbons (Fsp3) is 0.167. The normalized spacial score (nSPS) is 10.2. The molecule has 3 nitrogen and oxygen atoms in total. The number of ether oxygens (including phenoxy) is 1. The van der Waals surface area contributed by atoms with Crippen molar-refractivity contribution in [3.05, 3.63) is 41.4 Å². The molecule has 0 saturated heterocycles. The first-order valence-electron chi connectivity index (χ1n) is 4.83. The van der Waals surface area contributed by atoms with Crippen LogP contribution in [0.5, 0.6) is 5.75 Å². The van der Waals surface area contributed by atoms with Crippen LogP contribution < -0.4 is 4.74 Å². The van der Waals surface area contributed by atoms with Crippen molar-refractivity contribution in [3.63, 3.8) is 0 Å². The molecule has 0 atom stereocenters. The monoisotopic (exact) mass is 234 g/mol. The van der Waals surface area contributed by atoms with Gasteiger partial charge in [-0.1, -0.05) is 11.6 Å². The minimum atomic E-state index is 0.444. The highest BCUT2D eigenvalue weighted by atomic mass is 35.5. The smallest absolute Gasteiger partial charge is 0.145 e. The summed E-state index contributed by atoms with van der Waals surface area (Å²) in [4.78, 5) is 8.09. The van der Waals surface area contributed by atoms with Gasteiger partial charge in [0, 0.05) is 23.5 Å². The molecular weight excluding hydrogens is 224 g/mol. The molecule has 0 bridgehead atoms. The summed E-state index contributed by atoms with van der Waals surface area (Å²) in [7, 11) is 1.61. The zero-order valence-corrected chi connectivity index (χ0v) is 9.82. The zero-order valence-electron chi connectivity index (χ0n) is 9.07. The number of hydrogen-bond acceptors (Lipinski definition) is 3. The van der Waals surface area contributed by atoms with Gasteiger partial charge in [0.15, 0.2) is 0 Å². The summed E-state index contributed by atoms with van der Waals surface area (Å²) in [6.45, 7) is 2.02. The molecule has 0 aromatic carbocycles. The predicted octanol–water partition coefficient (Wildman–Crippen LogP) is 3.11. The molecule has 16 heavy (non-hydrogen) atoms. The molecule has 0 aliphatic heterocycles. The van der Waals surface area contributed by atoms with E-state index in [4.69, 9.17) is 16.3 Å². The third-order valence-corrected chi connectivity index (χ3v) is 2.59. The van der Waals surface area contributed by atoms with Gasteiger partial charge in [0.05, 0.1) is 13.3 Å². The van der Waals surface area contributed by atoms with Gasteiger partial charge in [-0.15, -0.1) is 0 Å². The first kappa shape index (κ1) is 10.9. The summed E-state index contributed by atoms with van der Waals surface area (Å²) in [6, 6.07) is 3.73. The fourth-order valence-electron chi connectivity index (χ4n) is 1.54. The Hall–Kier alpha value is -1.61. The van der Waals surface area contributed by atoms with Crippen molar-refractivity contribution < 1.29 is 4.74 Å². The number of halogens is 1. The van der Waals surface area contributed by atoms with E-state index in [1.165, 1.54) is 0 Å². The van der Waals surface area contributed by atoms with Gasteiger partial charge in [-0.05, 0) is 24.6 Å². The van der Waals surface area contributed by atoms with Gasteiger partial charge in [-0.25, -0.2) is 4.98 Å². The number of aromatic nitrogens is 2. The number of hydrogen-bond donors (Lipinski definition) is 0. The van der Waals surface area contributed by atoms with Crippen LogP contribution in [-0.2, 0) is 0 Å². The third kappa shape index (κ3) is 1.99. The molecule has 0 N–H and O–H groups in total. The minimum absolute atomic E-state index is 0.444. The molecule has 2 aromatic rings. The number of aryl methyl sites for hydroxylation is 1. The minimum Gasteiger partial charge on any atom is -0.494 e. The highest BCUT2D eigenvalue weighted by Gasteiger charge is 2.09. The number of nitrogens with zero attached hydrogens (tertiary/aromatic N) is 2.